The van der Waals surface area contributed by atoms with E-state index in [1.165, 1.54) is 5.56 Å². The first kappa shape index (κ1) is 46.0. The highest BCUT2D eigenvalue weighted by molar-refractivity contribution is 7.94. The lowest BCUT2D eigenvalue weighted by Crippen LogP contribution is -2.81. The lowest BCUT2D eigenvalue weighted by atomic mass is 9.12. The fourth-order valence-electron chi connectivity index (χ4n) is 6.02. The fraction of sp³-hybridized carbons (Fsp3) is 0.118. The molecule has 312 valence electrons. The molecule has 58 heavy (non-hydrogen) atoms. The molecule has 1 nitrogen and oxygen atoms in total. The second kappa shape index (κ2) is 16.9. The zero-order chi connectivity index (χ0) is 44.2. The highest BCUT2D eigenvalue weighted by Gasteiger charge is 2.52. The number of halogens is 20. The summed E-state index contributed by atoms with van der Waals surface area (Å²) in [7, 11) is -0.438. The van der Waals surface area contributed by atoms with E-state index in [-0.39, 0.29) is 0 Å². The van der Waals surface area contributed by atoms with Crippen molar-refractivity contribution in [1.82, 2.24) is 0 Å². The van der Waals surface area contributed by atoms with Crippen molar-refractivity contribution >= 4 is 49.7 Å². The topological polar surface area (TPSA) is 17.1 Å². The molecular formula is C34H15BF20OS2. The van der Waals surface area contributed by atoms with Crippen molar-refractivity contribution in [2.24, 2.45) is 0 Å². The minimum absolute atomic E-state index is 0.413. The van der Waals surface area contributed by atoms with E-state index in [0.29, 0.717) is 10.9 Å². The molecule has 0 radical (unpaired) electrons. The van der Waals surface area contributed by atoms with Crippen LogP contribution in [0.4, 0.5) is 87.8 Å². The lowest BCUT2D eigenvalue weighted by Gasteiger charge is -2.44. The van der Waals surface area contributed by atoms with Crippen LogP contribution < -0.4 is 21.9 Å². The van der Waals surface area contributed by atoms with Crippen LogP contribution in [-0.2, 0) is 27.4 Å². The van der Waals surface area contributed by atoms with Crippen LogP contribution in [0.2, 0.25) is 0 Å². The van der Waals surface area contributed by atoms with E-state index in [0.717, 1.165) is 10.6 Å². The first-order valence-electron chi connectivity index (χ1n) is 15.0. The van der Waals surface area contributed by atoms with Crippen LogP contribution in [0.1, 0.15) is 5.56 Å². The standard InChI is InChI=1S/C24BF20.C10H15OS2/c26-5-1(6(27)14(35)21(42)13(5)34)25(2-7(28)15(36)22(43)16(37)8(2)29,3-9(30)17(38)23(44)18(39)10(3)31)4-11(32)19(40)24(45)20(41)12(4)33;1-12(2)8-9-5-4-6-10(7-9)13(3)11/h;4-7H,8H2,1-3H3/q-1;+1. The smallest absolute Gasteiger partial charge is 0.200 e. The van der Waals surface area contributed by atoms with Gasteiger partial charge in [-0.3, -0.25) is 4.21 Å². The summed E-state index contributed by atoms with van der Waals surface area (Å²) >= 11 is 0. The first-order chi connectivity index (χ1) is 26.8. The van der Waals surface area contributed by atoms with Gasteiger partial charge in [0.1, 0.15) is 58.4 Å². The summed E-state index contributed by atoms with van der Waals surface area (Å²) in [5, 5.41) is 0. The van der Waals surface area contributed by atoms with Gasteiger partial charge in [-0.2, -0.15) is 0 Å². The van der Waals surface area contributed by atoms with Gasteiger partial charge in [-0.15, -0.1) is 21.9 Å². The van der Waals surface area contributed by atoms with Gasteiger partial charge in [-0.05, 0) is 23.0 Å². The van der Waals surface area contributed by atoms with Crippen molar-refractivity contribution in [3.8, 4) is 0 Å². The second-order valence-electron chi connectivity index (χ2n) is 12.0. The molecule has 5 rings (SSSR count). The van der Waals surface area contributed by atoms with E-state index in [4.69, 9.17) is 0 Å². The Balaban J connectivity index is 0.000000486. The van der Waals surface area contributed by atoms with E-state index >= 15 is 35.1 Å². The lowest BCUT2D eigenvalue weighted by molar-refractivity contribution is 0.378. The third-order valence-corrected chi connectivity index (χ3v) is 10.2. The maximum absolute atomic E-state index is 15.4. The van der Waals surface area contributed by atoms with Crippen molar-refractivity contribution in [2.75, 3.05) is 18.8 Å². The average Bonchev–Trinajstić information content (AvgIpc) is 3.17. The molecule has 5 aromatic rings. The molecule has 0 amide bonds. The van der Waals surface area contributed by atoms with Crippen molar-refractivity contribution in [2.45, 2.75) is 10.6 Å². The molecule has 24 heteroatoms. The molecule has 0 aliphatic rings. The normalized spacial score (nSPS) is 12.3. The molecule has 0 saturated carbocycles. The third-order valence-electron chi connectivity index (χ3n) is 8.39. The summed E-state index contributed by atoms with van der Waals surface area (Å²) in [6.07, 6.45) is -1.06. The maximum Gasteiger partial charge on any atom is 0.200 e. The Morgan fingerprint density at radius 2 is 0.638 bits per heavy atom. The minimum atomic E-state index is -7.22. The molecule has 0 aromatic heterocycles. The Bertz CT molecular complexity index is 2130. The van der Waals surface area contributed by atoms with Crippen LogP contribution in [0.15, 0.2) is 29.2 Å². The summed E-state index contributed by atoms with van der Waals surface area (Å²) in [6, 6.07) is 8.05. The van der Waals surface area contributed by atoms with Gasteiger partial charge in [-0.25, -0.2) is 87.8 Å². The van der Waals surface area contributed by atoms with Gasteiger partial charge in [0.2, 0.25) is 0 Å². The highest BCUT2D eigenvalue weighted by Crippen LogP contribution is 2.30. The van der Waals surface area contributed by atoms with Crippen LogP contribution in [-0.4, -0.2) is 29.1 Å². The van der Waals surface area contributed by atoms with Gasteiger partial charge < -0.3 is 0 Å². The zero-order valence-corrected chi connectivity index (χ0v) is 30.0. The average molecular weight is 894 g/mol. The number of benzene rings is 5. The van der Waals surface area contributed by atoms with Gasteiger partial charge in [0.15, 0.2) is 69.8 Å². The van der Waals surface area contributed by atoms with Gasteiger partial charge in [0.25, 0.3) is 0 Å². The third kappa shape index (κ3) is 7.29. The predicted molar refractivity (Wildman–Crippen MR) is 171 cm³/mol. The fourth-order valence-corrected chi connectivity index (χ4v) is 7.46. The van der Waals surface area contributed by atoms with Crippen LogP contribution in [0, 0.1) is 116 Å². The molecule has 0 N–H and O–H groups in total. The van der Waals surface area contributed by atoms with Crippen LogP contribution in [0.3, 0.4) is 0 Å². The Hall–Kier alpha value is -4.74. The molecule has 1 atom stereocenters. The van der Waals surface area contributed by atoms with Crippen molar-refractivity contribution in [3.05, 3.63) is 146 Å². The van der Waals surface area contributed by atoms with Crippen LogP contribution >= 0.6 is 0 Å². The van der Waals surface area contributed by atoms with E-state index < -0.39 is 155 Å². The van der Waals surface area contributed by atoms with Crippen molar-refractivity contribution in [3.63, 3.8) is 0 Å². The highest BCUT2D eigenvalue weighted by atomic mass is 32.2. The molecule has 0 spiro atoms. The monoisotopic (exact) mass is 894 g/mol. The first-order valence-corrected chi connectivity index (χ1v) is 18.8. The molecule has 0 saturated heterocycles. The number of hydrogen-bond donors (Lipinski definition) is 0. The molecule has 0 aliphatic carbocycles. The second-order valence-corrected chi connectivity index (χ2v) is 15.7. The van der Waals surface area contributed by atoms with E-state index in [2.05, 4.69) is 18.6 Å². The Kier molecular flexibility index (Phi) is 13.4. The summed E-state index contributed by atoms with van der Waals surface area (Å²) in [5.41, 5.74) is -13.0. The Labute approximate surface area is 317 Å². The van der Waals surface area contributed by atoms with E-state index in [1.807, 2.05) is 18.2 Å². The molecule has 0 heterocycles. The van der Waals surface area contributed by atoms with Gasteiger partial charge in [-0.1, -0.05) is 12.1 Å². The Morgan fingerprint density at radius 1 is 0.414 bits per heavy atom. The molecule has 0 aliphatic heterocycles. The summed E-state index contributed by atoms with van der Waals surface area (Å²) in [6.45, 7) is 0. The van der Waals surface area contributed by atoms with Crippen molar-refractivity contribution in [1.29, 1.82) is 0 Å². The largest absolute Gasteiger partial charge is 0.255 e. The van der Waals surface area contributed by atoms with Gasteiger partial charge in [0, 0.05) is 27.5 Å². The van der Waals surface area contributed by atoms with Crippen LogP contribution in [0.25, 0.3) is 0 Å². The zero-order valence-electron chi connectivity index (χ0n) is 28.4. The molecule has 1 unspecified atom stereocenters. The minimum Gasteiger partial charge on any atom is -0.255 e. The molecular weight excluding hydrogens is 879 g/mol. The predicted octanol–water partition coefficient (Wildman–Crippen LogP) is 7.65. The van der Waals surface area contributed by atoms with E-state index in [9.17, 15) is 56.9 Å². The molecule has 0 bridgehead atoms. The SMILES string of the molecule is CS(=O)c1cccc(C[S+](C)C)c1.Fc1c(F)c(F)c([B-](c2c(F)c(F)c(F)c(F)c2F)(c2c(F)c(F)c(F)c(F)c2F)c2c(F)c(F)c(F)c(F)c2F)c(F)c1F. The Morgan fingerprint density at radius 3 is 0.845 bits per heavy atom. The maximum atomic E-state index is 15.4. The molecule has 0 fully saturated rings. The number of hydrogen-bond acceptors (Lipinski definition) is 1. The van der Waals surface area contributed by atoms with Crippen LogP contribution in [0.5, 0.6) is 0 Å². The summed E-state index contributed by atoms with van der Waals surface area (Å²) in [5.74, 6) is -70.3. The van der Waals surface area contributed by atoms with Crippen molar-refractivity contribution < 1.29 is 92.0 Å². The van der Waals surface area contributed by atoms with Gasteiger partial charge >= 0.3 is 0 Å². The summed E-state index contributed by atoms with van der Waals surface area (Å²) in [4.78, 5) is 0.933. The number of rotatable bonds is 7. The van der Waals surface area contributed by atoms with Gasteiger partial charge in [0.05, 0.1) is 12.5 Å². The summed E-state index contributed by atoms with van der Waals surface area (Å²) < 4.78 is 305. The quantitative estimate of drug-likeness (QED) is 0.0540. The van der Waals surface area contributed by atoms with E-state index in [1.54, 1.807) is 6.26 Å². The molecule has 5 aromatic carbocycles.